The molecule has 3 rings (SSSR count). The molecule has 0 amide bonds. The first-order valence-corrected chi connectivity index (χ1v) is 6.91. The first-order chi connectivity index (χ1) is 11.7. The molecule has 0 aliphatic rings. The number of carbonyl (C=O) groups is 1. The highest BCUT2D eigenvalue weighted by Crippen LogP contribution is 2.24. The Morgan fingerprint density at radius 2 is 1.92 bits per heavy atom. The van der Waals surface area contributed by atoms with E-state index in [1.54, 1.807) is 0 Å². The standard InChI is InChI=1S/C14H10F3N5O3/c1-8(23)6-21-7-18-12-11(13(21)24)19-20-22(12)9-2-4-10(5-3-9)25-14(15,16)17/h2-5,7H,6H2,1H3. The van der Waals surface area contributed by atoms with Gasteiger partial charge in [0, 0.05) is 0 Å². The van der Waals surface area contributed by atoms with Crippen LogP contribution in [0.4, 0.5) is 13.2 Å². The molecule has 0 N–H and O–H groups in total. The summed E-state index contributed by atoms with van der Waals surface area (Å²) in [5, 5.41) is 7.53. The Kier molecular flexibility index (Phi) is 3.99. The third kappa shape index (κ3) is 3.49. The number of hydrogen-bond acceptors (Lipinski definition) is 6. The molecule has 0 unspecified atom stereocenters. The van der Waals surface area contributed by atoms with Crippen molar-refractivity contribution in [2.45, 2.75) is 19.8 Å². The smallest absolute Gasteiger partial charge is 0.406 e. The summed E-state index contributed by atoms with van der Waals surface area (Å²) in [5.74, 6) is -0.617. The van der Waals surface area contributed by atoms with Gasteiger partial charge in [0.25, 0.3) is 5.56 Å². The Morgan fingerprint density at radius 1 is 1.24 bits per heavy atom. The second-order valence-corrected chi connectivity index (χ2v) is 5.09. The summed E-state index contributed by atoms with van der Waals surface area (Å²) >= 11 is 0. The Labute approximate surface area is 137 Å². The average Bonchev–Trinajstić information content (AvgIpc) is 2.94. The number of nitrogens with zero attached hydrogens (tertiary/aromatic N) is 5. The number of halogens is 3. The van der Waals surface area contributed by atoms with Gasteiger partial charge in [-0.3, -0.25) is 14.2 Å². The van der Waals surface area contributed by atoms with Crippen molar-refractivity contribution in [2.75, 3.05) is 0 Å². The molecule has 2 aromatic heterocycles. The minimum atomic E-state index is -4.79. The van der Waals surface area contributed by atoms with E-state index in [0.717, 1.165) is 16.7 Å². The lowest BCUT2D eigenvalue weighted by Crippen LogP contribution is -2.23. The minimum absolute atomic E-state index is 0.0561. The Balaban J connectivity index is 1.98. The average molecular weight is 353 g/mol. The summed E-state index contributed by atoms with van der Waals surface area (Å²) in [6, 6.07) is 4.84. The van der Waals surface area contributed by atoms with Crippen molar-refractivity contribution in [3.8, 4) is 11.4 Å². The normalized spacial score (nSPS) is 11.7. The van der Waals surface area contributed by atoms with Crippen LogP contribution >= 0.6 is 0 Å². The van der Waals surface area contributed by atoms with Crippen LogP contribution in [0.15, 0.2) is 35.4 Å². The first kappa shape index (κ1) is 16.6. The molecule has 0 saturated carbocycles. The van der Waals surface area contributed by atoms with Crippen LogP contribution in [0, 0.1) is 0 Å². The van der Waals surface area contributed by atoms with Gasteiger partial charge in [-0.2, -0.15) is 4.68 Å². The number of ketones is 1. The van der Waals surface area contributed by atoms with Crippen LogP contribution in [-0.4, -0.2) is 36.7 Å². The fraction of sp³-hybridized carbons (Fsp3) is 0.214. The summed E-state index contributed by atoms with van der Waals surface area (Å²) in [6.07, 6.45) is -3.60. The summed E-state index contributed by atoms with van der Waals surface area (Å²) in [5.41, 5.74) is -0.134. The lowest BCUT2D eigenvalue weighted by atomic mass is 10.3. The predicted octanol–water partition coefficient (Wildman–Crippen LogP) is 1.46. The van der Waals surface area contributed by atoms with E-state index in [2.05, 4.69) is 20.0 Å². The van der Waals surface area contributed by atoms with Crippen LogP contribution in [-0.2, 0) is 11.3 Å². The van der Waals surface area contributed by atoms with Crippen molar-refractivity contribution >= 4 is 16.9 Å². The molecule has 0 spiro atoms. The van der Waals surface area contributed by atoms with E-state index in [0.29, 0.717) is 5.69 Å². The number of aromatic nitrogens is 5. The van der Waals surface area contributed by atoms with Gasteiger partial charge >= 0.3 is 6.36 Å². The molecule has 0 atom stereocenters. The first-order valence-electron chi connectivity index (χ1n) is 6.91. The van der Waals surface area contributed by atoms with Gasteiger partial charge in [0.15, 0.2) is 11.2 Å². The third-order valence-electron chi connectivity index (χ3n) is 3.14. The molecule has 0 aliphatic carbocycles. The molecule has 0 saturated heterocycles. The Bertz CT molecular complexity index is 992. The maximum Gasteiger partial charge on any atom is 0.573 e. The second-order valence-electron chi connectivity index (χ2n) is 5.09. The van der Waals surface area contributed by atoms with Gasteiger partial charge in [0.2, 0.25) is 0 Å². The number of rotatable bonds is 4. The van der Waals surface area contributed by atoms with Crippen LogP contribution in [0.5, 0.6) is 5.75 Å². The van der Waals surface area contributed by atoms with Gasteiger partial charge < -0.3 is 4.74 Å². The molecule has 25 heavy (non-hydrogen) atoms. The number of ether oxygens (including phenoxy) is 1. The lowest BCUT2D eigenvalue weighted by Gasteiger charge is -2.09. The van der Waals surface area contributed by atoms with Gasteiger partial charge in [-0.05, 0) is 31.2 Å². The highest BCUT2D eigenvalue weighted by atomic mass is 19.4. The Morgan fingerprint density at radius 3 is 2.52 bits per heavy atom. The third-order valence-corrected chi connectivity index (χ3v) is 3.14. The van der Waals surface area contributed by atoms with E-state index in [9.17, 15) is 22.8 Å². The molecule has 0 fully saturated rings. The molecule has 1 aromatic carbocycles. The molecule has 11 heteroatoms. The van der Waals surface area contributed by atoms with E-state index < -0.39 is 17.7 Å². The minimum Gasteiger partial charge on any atom is -0.406 e. The van der Waals surface area contributed by atoms with E-state index in [-0.39, 0.29) is 23.5 Å². The summed E-state index contributed by atoms with van der Waals surface area (Å²) in [7, 11) is 0. The zero-order valence-corrected chi connectivity index (χ0v) is 12.7. The van der Waals surface area contributed by atoms with Crippen molar-refractivity contribution in [1.29, 1.82) is 0 Å². The molecule has 2 heterocycles. The van der Waals surface area contributed by atoms with Crippen molar-refractivity contribution in [1.82, 2.24) is 24.5 Å². The lowest BCUT2D eigenvalue weighted by molar-refractivity contribution is -0.274. The van der Waals surface area contributed by atoms with Gasteiger partial charge in [-0.15, -0.1) is 18.3 Å². The van der Waals surface area contributed by atoms with Gasteiger partial charge in [-0.25, -0.2) is 4.98 Å². The molecule has 0 aliphatic heterocycles. The van der Waals surface area contributed by atoms with Crippen molar-refractivity contribution in [2.24, 2.45) is 0 Å². The van der Waals surface area contributed by atoms with E-state index in [1.165, 1.54) is 30.1 Å². The zero-order chi connectivity index (χ0) is 18.2. The SMILES string of the molecule is CC(=O)Cn1cnc2c(nnn2-c2ccc(OC(F)(F)F)cc2)c1=O. The largest absolute Gasteiger partial charge is 0.573 e. The van der Waals surface area contributed by atoms with Crippen LogP contribution in [0.3, 0.4) is 0 Å². The fourth-order valence-electron chi connectivity index (χ4n) is 2.16. The quantitative estimate of drug-likeness (QED) is 0.705. The molecular formula is C14H10F3N5O3. The molecule has 130 valence electrons. The number of fused-ring (bicyclic) bond motifs is 1. The van der Waals surface area contributed by atoms with E-state index in [1.807, 2.05) is 0 Å². The van der Waals surface area contributed by atoms with Crippen LogP contribution < -0.4 is 10.3 Å². The van der Waals surface area contributed by atoms with Gasteiger partial charge in [0.05, 0.1) is 12.2 Å². The topological polar surface area (TPSA) is 91.9 Å². The molecule has 3 aromatic rings. The van der Waals surface area contributed by atoms with Gasteiger partial charge in [0.1, 0.15) is 17.9 Å². The number of carbonyl (C=O) groups excluding carboxylic acids is 1. The van der Waals surface area contributed by atoms with Crippen molar-refractivity contribution in [3.05, 3.63) is 40.9 Å². The second kappa shape index (κ2) is 6.00. The highest BCUT2D eigenvalue weighted by molar-refractivity contribution is 5.76. The van der Waals surface area contributed by atoms with Crippen molar-refractivity contribution < 1.29 is 22.7 Å². The number of benzene rings is 1. The summed E-state index contributed by atoms with van der Waals surface area (Å²) < 4.78 is 42.6. The molecule has 8 nitrogen and oxygen atoms in total. The monoisotopic (exact) mass is 353 g/mol. The van der Waals surface area contributed by atoms with Crippen LogP contribution in [0.1, 0.15) is 6.92 Å². The van der Waals surface area contributed by atoms with Gasteiger partial charge in [-0.1, -0.05) is 5.21 Å². The van der Waals surface area contributed by atoms with Crippen LogP contribution in [0.25, 0.3) is 16.9 Å². The number of alkyl halides is 3. The van der Waals surface area contributed by atoms with E-state index >= 15 is 0 Å². The van der Waals surface area contributed by atoms with Crippen molar-refractivity contribution in [3.63, 3.8) is 0 Å². The fourth-order valence-corrected chi connectivity index (χ4v) is 2.16. The number of Topliss-reactive ketones (excluding diaryl/α,β-unsaturated/α-hetero) is 1. The summed E-state index contributed by atoms with van der Waals surface area (Å²) in [4.78, 5) is 27.4. The zero-order valence-electron chi connectivity index (χ0n) is 12.7. The van der Waals surface area contributed by atoms with E-state index in [4.69, 9.17) is 0 Å². The molecular weight excluding hydrogens is 343 g/mol. The number of hydrogen-bond donors (Lipinski definition) is 0. The maximum absolute atomic E-state index is 12.2. The van der Waals surface area contributed by atoms with Crippen LogP contribution in [0.2, 0.25) is 0 Å². The summed E-state index contributed by atoms with van der Waals surface area (Å²) in [6.45, 7) is 1.19. The molecule has 0 radical (unpaired) electrons. The Hall–Kier alpha value is -3.24. The highest BCUT2D eigenvalue weighted by Gasteiger charge is 2.31. The molecule has 0 bridgehead atoms. The maximum atomic E-state index is 12.2. The predicted molar refractivity (Wildman–Crippen MR) is 78.3 cm³/mol.